The summed E-state index contributed by atoms with van der Waals surface area (Å²) in [5.74, 6) is 0.240. The minimum absolute atomic E-state index is 0.240. The van der Waals surface area contributed by atoms with Crippen molar-refractivity contribution in [3.63, 3.8) is 0 Å². The van der Waals surface area contributed by atoms with Gasteiger partial charge in [-0.15, -0.1) is 0 Å². The van der Waals surface area contributed by atoms with Crippen LogP contribution in [0.25, 0.3) is 0 Å². The Morgan fingerprint density at radius 1 is 1.22 bits per heavy atom. The molecule has 18 heavy (non-hydrogen) atoms. The molecule has 0 aliphatic carbocycles. The number of nitriles is 1. The quantitative estimate of drug-likeness (QED) is 0.910. The summed E-state index contributed by atoms with van der Waals surface area (Å²) in [6.45, 7) is 0.555. The Morgan fingerprint density at radius 2 is 2.06 bits per heavy atom. The van der Waals surface area contributed by atoms with E-state index < -0.39 is 0 Å². The molecule has 0 aliphatic heterocycles. The Labute approximate surface area is 114 Å². The molecule has 0 saturated carbocycles. The van der Waals surface area contributed by atoms with E-state index in [1.165, 1.54) is 0 Å². The molecular formula is C14H11BrN2O. The third kappa shape index (κ3) is 3.02. The number of anilines is 1. The number of aromatic hydroxyl groups is 1. The van der Waals surface area contributed by atoms with E-state index in [1.807, 2.05) is 18.2 Å². The maximum absolute atomic E-state index is 9.37. The van der Waals surface area contributed by atoms with Gasteiger partial charge in [0.1, 0.15) is 11.8 Å². The first kappa shape index (κ1) is 12.5. The fourth-order valence-electron chi connectivity index (χ4n) is 1.62. The van der Waals surface area contributed by atoms with Gasteiger partial charge in [-0.3, -0.25) is 0 Å². The first-order chi connectivity index (χ1) is 8.69. The molecule has 0 spiro atoms. The van der Waals surface area contributed by atoms with Gasteiger partial charge in [-0.2, -0.15) is 5.26 Å². The summed E-state index contributed by atoms with van der Waals surface area (Å²) in [6, 6.07) is 14.6. The van der Waals surface area contributed by atoms with Gasteiger partial charge in [0.05, 0.1) is 11.3 Å². The Hall–Kier alpha value is -1.99. The van der Waals surface area contributed by atoms with Crippen LogP contribution in [-0.4, -0.2) is 5.11 Å². The zero-order chi connectivity index (χ0) is 13.0. The molecule has 2 N–H and O–H groups in total. The molecule has 3 nitrogen and oxygen atoms in total. The van der Waals surface area contributed by atoms with Crippen molar-refractivity contribution < 1.29 is 5.11 Å². The molecule has 2 aromatic carbocycles. The fraction of sp³-hybridized carbons (Fsp3) is 0.0714. The molecule has 90 valence electrons. The van der Waals surface area contributed by atoms with E-state index in [0.29, 0.717) is 12.1 Å². The minimum atomic E-state index is 0.240. The molecule has 0 aliphatic rings. The second kappa shape index (κ2) is 5.56. The van der Waals surface area contributed by atoms with Gasteiger partial charge in [0.25, 0.3) is 0 Å². The van der Waals surface area contributed by atoms with Crippen LogP contribution in [0.3, 0.4) is 0 Å². The van der Waals surface area contributed by atoms with Crippen molar-refractivity contribution in [2.75, 3.05) is 5.32 Å². The van der Waals surface area contributed by atoms with Crippen LogP contribution < -0.4 is 5.32 Å². The van der Waals surface area contributed by atoms with Gasteiger partial charge in [-0.1, -0.05) is 28.1 Å². The van der Waals surface area contributed by atoms with Crippen molar-refractivity contribution in [1.29, 1.82) is 5.26 Å². The van der Waals surface area contributed by atoms with E-state index in [2.05, 4.69) is 27.3 Å². The van der Waals surface area contributed by atoms with Crippen LogP contribution in [0.5, 0.6) is 5.75 Å². The summed E-state index contributed by atoms with van der Waals surface area (Å²) in [5, 5.41) is 21.6. The highest BCUT2D eigenvalue weighted by molar-refractivity contribution is 9.10. The lowest BCUT2D eigenvalue weighted by molar-refractivity contribution is 0.474. The first-order valence-corrected chi connectivity index (χ1v) is 6.20. The molecule has 0 radical (unpaired) electrons. The number of phenolic OH excluding ortho intramolecular Hbond substituents is 1. The van der Waals surface area contributed by atoms with Crippen LogP contribution in [0, 0.1) is 11.3 Å². The monoisotopic (exact) mass is 302 g/mol. The molecule has 0 heterocycles. The van der Waals surface area contributed by atoms with Crippen molar-refractivity contribution in [1.82, 2.24) is 0 Å². The maximum atomic E-state index is 9.37. The van der Waals surface area contributed by atoms with Crippen molar-refractivity contribution in [2.24, 2.45) is 0 Å². The van der Waals surface area contributed by atoms with Crippen molar-refractivity contribution >= 4 is 21.6 Å². The van der Waals surface area contributed by atoms with E-state index in [-0.39, 0.29) is 5.75 Å². The highest BCUT2D eigenvalue weighted by atomic mass is 79.9. The Bertz CT molecular complexity index is 605. The summed E-state index contributed by atoms with van der Waals surface area (Å²) in [6.07, 6.45) is 0. The van der Waals surface area contributed by atoms with Gasteiger partial charge < -0.3 is 10.4 Å². The number of rotatable bonds is 3. The van der Waals surface area contributed by atoms with E-state index in [0.717, 1.165) is 15.7 Å². The Morgan fingerprint density at radius 3 is 2.78 bits per heavy atom. The lowest BCUT2D eigenvalue weighted by Gasteiger charge is -2.09. The average Bonchev–Trinajstić information content (AvgIpc) is 2.37. The van der Waals surface area contributed by atoms with Gasteiger partial charge in [0.15, 0.2) is 0 Å². The number of hydrogen-bond donors (Lipinski definition) is 2. The van der Waals surface area contributed by atoms with Crippen molar-refractivity contribution in [2.45, 2.75) is 6.54 Å². The lowest BCUT2D eigenvalue weighted by atomic mass is 10.1. The van der Waals surface area contributed by atoms with E-state index in [4.69, 9.17) is 5.26 Å². The van der Waals surface area contributed by atoms with Crippen LogP contribution in [0.1, 0.15) is 11.1 Å². The Kier molecular flexibility index (Phi) is 3.85. The molecule has 0 saturated heterocycles. The second-order valence-corrected chi connectivity index (χ2v) is 4.74. The third-order valence-electron chi connectivity index (χ3n) is 2.50. The second-order valence-electron chi connectivity index (χ2n) is 3.83. The van der Waals surface area contributed by atoms with Crippen LogP contribution in [0.15, 0.2) is 46.9 Å². The number of hydrogen-bond acceptors (Lipinski definition) is 3. The molecule has 4 heteroatoms. The van der Waals surface area contributed by atoms with Gasteiger partial charge in [-0.25, -0.2) is 0 Å². The summed E-state index contributed by atoms with van der Waals surface area (Å²) < 4.78 is 0.917. The van der Waals surface area contributed by atoms with Gasteiger partial charge in [-0.05, 0) is 35.9 Å². The van der Waals surface area contributed by atoms with E-state index in [9.17, 15) is 5.11 Å². The van der Waals surface area contributed by atoms with Crippen molar-refractivity contribution in [3.8, 4) is 11.8 Å². The van der Waals surface area contributed by atoms with Crippen LogP contribution in [-0.2, 0) is 6.54 Å². The maximum Gasteiger partial charge on any atom is 0.115 e. The molecular weight excluding hydrogens is 292 g/mol. The summed E-state index contributed by atoms with van der Waals surface area (Å²) in [5.41, 5.74) is 2.33. The molecule has 0 aromatic heterocycles. The topological polar surface area (TPSA) is 56.0 Å². The number of nitrogens with zero attached hydrogens (tertiary/aromatic N) is 1. The van der Waals surface area contributed by atoms with E-state index in [1.54, 1.807) is 24.3 Å². The van der Waals surface area contributed by atoms with Crippen LogP contribution in [0.4, 0.5) is 5.69 Å². The third-order valence-corrected chi connectivity index (χ3v) is 2.99. The fourth-order valence-corrected chi connectivity index (χ4v) is 1.99. The van der Waals surface area contributed by atoms with Gasteiger partial charge >= 0.3 is 0 Å². The highest BCUT2D eigenvalue weighted by Gasteiger charge is 2.02. The largest absolute Gasteiger partial charge is 0.508 e. The van der Waals surface area contributed by atoms with Crippen LogP contribution in [0.2, 0.25) is 0 Å². The summed E-state index contributed by atoms with van der Waals surface area (Å²) >= 11 is 3.37. The predicted molar refractivity (Wildman–Crippen MR) is 74.3 cm³/mol. The molecule has 0 fully saturated rings. The summed E-state index contributed by atoms with van der Waals surface area (Å²) in [7, 11) is 0. The molecule has 0 unspecified atom stereocenters. The zero-order valence-corrected chi connectivity index (χ0v) is 11.1. The number of phenols is 1. The lowest BCUT2D eigenvalue weighted by Crippen LogP contribution is -2.01. The zero-order valence-electron chi connectivity index (χ0n) is 9.52. The standard InChI is InChI=1S/C14H11BrN2O/c15-12-5-4-11(8-16)14(7-12)17-9-10-2-1-3-13(18)6-10/h1-7,17-18H,9H2. The molecule has 0 amide bonds. The smallest absolute Gasteiger partial charge is 0.115 e. The SMILES string of the molecule is N#Cc1ccc(Br)cc1NCc1cccc(O)c1. The highest BCUT2D eigenvalue weighted by Crippen LogP contribution is 2.22. The predicted octanol–water partition coefficient (Wildman–Crippen LogP) is 3.64. The number of halogens is 1. The van der Waals surface area contributed by atoms with Crippen LogP contribution >= 0.6 is 15.9 Å². The molecule has 0 atom stereocenters. The summed E-state index contributed by atoms with van der Waals surface area (Å²) in [4.78, 5) is 0. The number of benzene rings is 2. The van der Waals surface area contributed by atoms with Crippen molar-refractivity contribution in [3.05, 3.63) is 58.1 Å². The minimum Gasteiger partial charge on any atom is -0.508 e. The first-order valence-electron chi connectivity index (χ1n) is 5.40. The van der Waals surface area contributed by atoms with E-state index >= 15 is 0 Å². The Balaban J connectivity index is 2.15. The molecule has 2 aromatic rings. The van der Waals surface area contributed by atoms with Gasteiger partial charge in [0.2, 0.25) is 0 Å². The molecule has 0 bridgehead atoms. The normalized spacial score (nSPS) is 9.78. The van der Waals surface area contributed by atoms with Gasteiger partial charge in [0, 0.05) is 11.0 Å². The number of nitrogens with one attached hydrogen (secondary N) is 1. The average molecular weight is 303 g/mol. The molecule has 2 rings (SSSR count).